The molecule has 0 aliphatic carbocycles. The summed E-state index contributed by atoms with van der Waals surface area (Å²) in [4.78, 5) is 14.7. The maximum atomic E-state index is 12.6. The van der Waals surface area contributed by atoms with Gasteiger partial charge in [0.15, 0.2) is 0 Å². The Hall–Kier alpha value is -2.74. The van der Waals surface area contributed by atoms with Crippen LogP contribution in [0.4, 0.5) is 11.4 Å². The van der Waals surface area contributed by atoms with Gasteiger partial charge in [-0.25, -0.2) is 8.42 Å². The van der Waals surface area contributed by atoms with Crippen LogP contribution in [-0.2, 0) is 14.8 Å². The molecule has 2 aromatic carbocycles. The zero-order valence-electron chi connectivity index (χ0n) is 17.3. The van der Waals surface area contributed by atoms with Crippen molar-refractivity contribution in [1.82, 2.24) is 5.32 Å². The smallest absolute Gasteiger partial charge is 0.243 e. The zero-order valence-corrected chi connectivity index (χ0v) is 18.1. The van der Waals surface area contributed by atoms with Crippen LogP contribution in [-0.4, -0.2) is 53.9 Å². The van der Waals surface area contributed by atoms with Gasteiger partial charge in [0.1, 0.15) is 11.8 Å². The van der Waals surface area contributed by atoms with Crippen molar-refractivity contribution in [2.24, 2.45) is 0 Å². The van der Waals surface area contributed by atoms with Gasteiger partial charge in [-0.1, -0.05) is 24.3 Å². The van der Waals surface area contributed by atoms with Gasteiger partial charge in [0, 0.05) is 31.9 Å². The molecule has 0 aliphatic heterocycles. The van der Waals surface area contributed by atoms with Crippen LogP contribution in [0.15, 0.2) is 54.6 Å². The third-order valence-electron chi connectivity index (χ3n) is 4.56. The summed E-state index contributed by atoms with van der Waals surface area (Å²) in [6.07, 6.45) is 1.83. The Bertz CT molecular complexity index is 903. The van der Waals surface area contributed by atoms with Crippen molar-refractivity contribution in [3.8, 4) is 5.75 Å². The van der Waals surface area contributed by atoms with Crippen molar-refractivity contribution in [2.75, 3.05) is 42.7 Å². The van der Waals surface area contributed by atoms with E-state index < -0.39 is 16.1 Å². The third kappa shape index (κ3) is 6.39. The van der Waals surface area contributed by atoms with Crippen LogP contribution >= 0.6 is 0 Å². The number of benzene rings is 2. The number of hydrogen-bond acceptors (Lipinski definition) is 5. The number of nitrogens with one attached hydrogen (secondary N) is 1. The molecule has 0 spiro atoms. The van der Waals surface area contributed by atoms with E-state index in [-0.39, 0.29) is 5.91 Å². The molecule has 1 unspecified atom stereocenters. The summed E-state index contributed by atoms with van der Waals surface area (Å²) in [7, 11) is -0.158. The number of rotatable bonds is 10. The first-order valence-electron chi connectivity index (χ1n) is 9.41. The average Bonchev–Trinajstić information content (AvgIpc) is 2.70. The van der Waals surface area contributed by atoms with Gasteiger partial charge in [0.2, 0.25) is 15.9 Å². The number of carbonyl (C=O) groups excluding carboxylic acids is 1. The minimum Gasteiger partial charge on any atom is -0.497 e. The van der Waals surface area contributed by atoms with Gasteiger partial charge in [-0.3, -0.25) is 9.10 Å². The number of nitrogens with zero attached hydrogens (tertiary/aromatic N) is 2. The van der Waals surface area contributed by atoms with Crippen LogP contribution in [0.1, 0.15) is 13.3 Å². The SMILES string of the molecule is COc1cccc(N(C(C)C(=O)NCCCN(C)c2ccccc2)S(C)(=O)=O)c1. The highest BCUT2D eigenvalue weighted by molar-refractivity contribution is 7.92. The van der Waals surface area contributed by atoms with Crippen molar-refractivity contribution in [1.29, 1.82) is 0 Å². The standard InChI is InChI=1S/C21H29N3O4S/c1-17(24(29(4,26)27)19-12-8-13-20(16-19)28-3)21(25)22-14-9-15-23(2)18-10-6-5-7-11-18/h5-8,10-13,16-17H,9,14-15H2,1-4H3,(H,22,25). The molecular weight excluding hydrogens is 390 g/mol. The number of para-hydroxylation sites is 1. The highest BCUT2D eigenvalue weighted by Crippen LogP contribution is 2.25. The predicted octanol–water partition coefficient (Wildman–Crippen LogP) is 2.49. The molecule has 29 heavy (non-hydrogen) atoms. The van der Waals surface area contributed by atoms with Crippen molar-refractivity contribution >= 4 is 27.3 Å². The Balaban J connectivity index is 1.97. The van der Waals surface area contributed by atoms with Crippen molar-refractivity contribution in [3.05, 3.63) is 54.6 Å². The molecule has 0 saturated carbocycles. The van der Waals surface area contributed by atoms with Gasteiger partial charge in [-0.05, 0) is 37.6 Å². The molecule has 2 aromatic rings. The van der Waals surface area contributed by atoms with Crippen LogP contribution in [0.5, 0.6) is 5.75 Å². The minimum atomic E-state index is -3.66. The summed E-state index contributed by atoms with van der Waals surface area (Å²) in [6.45, 7) is 2.80. The van der Waals surface area contributed by atoms with E-state index in [4.69, 9.17) is 4.74 Å². The lowest BCUT2D eigenvalue weighted by atomic mass is 10.2. The number of hydrogen-bond donors (Lipinski definition) is 1. The molecule has 1 amide bonds. The molecule has 1 N–H and O–H groups in total. The van der Waals surface area contributed by atoms with Gasteiger partial charge in [-0.15, -0.1) is 0 Å². The van der Waals surface area contributed by atoms with E-state index in [1.807, 2.05) is 37.4 Å². The Morgan fingerprint density at radius 2 is 1.76 bits per heavy atom. The fourth-order valence-electron chi connectivity index (χ4n) is 3.04. The van der Waals surface area contributed by atoms with Crippen LogP contribution in [0, 0.1) is 0 Å². The van der Waals surface area contributed by atoms with E-state index >= 15 is 0 Å². The monoisotopic (exact) mass is 419 g/mol. The first-order chi connectivity index (χ1) is 13.7. The second kappa shape index (κ2) is 10.2. The summed E-state index contributed by atoms with van der Waals surface area (Å²) in [6, 6.07) is 15.7. The van der Waals surface area contributed by atoms with Crippen molar-refractivity contribution in [2.45, 2.75) is 19.4 Å². The average molecular weight is 420 g/mol. The molecule has 1 atom stereocenters. The molecule has 0 fully saturated rings. The Kier molecular flexibility index (Phi) is 7.90. The van der Waals surface area contributed by atoms with E-state index in [0.29, 0.717) is 18.0 Å². The molecule has 0 bridgehead atoms. The van der Waals surface area contributed by atoms with E-state index in [1.165, 1.54) is 7.11 Å². The topological polar surface area (TPSA) is 79.0 Å². The number of methoxy groups -OCH3 is 1. The van der Waals surface area contributed by atoms with E-state index in [0.717, 1.165) is 29.2 Å². The molecular formula is C21H29N3O4S. The predicted molar refractivity (Wildman–Crippen MR) is 117 cm³/mol. The molecule has 0 saturated heterocycles. The summed E-state index contributed by atoms with van der Waals surface area (Å²) in [5.41, 5.74) is 1.49. The van der Waals surface area contributed by atoms with Gasteiger partial charge < -0.3 is 15.0 Å². The van der Waals surface area contributed by atoms with Gasteiger partial charge in [0.05, 0.1) is 19.1 Å². The molecule has 0 heterocycles. The van der Waals surface area contributed by atoms with Gasteiger partial charge in [0.25, 0.3) is 0 Å². The molecule has 0 aromatic heterocycles. The molecule has 158 valence electrons. The molecule has 0 aliphatic rings. The number of ether oxygens (including phenoxy) is 1. The molecule has 2 rings (SSSR count). The molecule has 8 heteroatoms. The normalized spacial score (nSPS) is 12.1. The summed E-state index contributed by atoms with van der Waals surface area (Å²) >= 11 is 0. The summed E-state index contributed by atoms with van der Waals surface area (Å²) in [5, 5.41) is 2.84. The zero-order chi connectivity index (χ0) is 21.4. The van der Waals surface area contributed by atoms with Crippen molar-refractivity contribution < 1.29 is 17.9 Å². The maximum absolute atomic E-state index is 12.6. The number of amides is 1. The fourth-order valence-corrected chi connectivity index (χ4v) is 4.21. The molecule has 7 nitrogen and oxygen atoms in total. The summed E-state index contributed by atoms with van der Waals surface area (Å²) < 4.78 is 31.0. The van der Waals surface area contributed by atoms with E-state index in [1.54, 1.807) is 31.2 Å². The number of carbonyl (C=O) groups is 1. The number of sulfonamides is 1. The lowest BCUT2D eigenvalue weighted by Gasteiger charge is -2.28. The van der Waals surface area contributed by atoms with Crippen molar-refractivity contribution in [3.63, 3.8) is 0 Å². The first kappa shape index (κ1) is 22.5. The molecule has 0 radical (unpaired) electrons. The second-order valence-corrected chi connectivity index (χ2v) is 8.70. The van der Waals surface area contributed by atoms with Crippen LogP contribution < -0.4 is 19.3 Å². The number of anilines is 2. The van der Waals surface area contributed by atoms with E-state index in [2.05, 4.69) is 10.2 Å². The lowest BCUT2D eigenvalue weighted by Crippen LogP contribution is -2.48. The Morgan fingerprint density at radius 1 is 1.10 bits per heavy atom. The largest absolute Gasteiger partial charge is 0.497 e. The van der Waals surface area contributed by atoms with Crippen LogP contribution in [0.25, 0.3) is 0 Å². The summed E-state index contributed by atoms with van der Waals surface area (Å²) in [5.74, 6) is 0.174. The van der Waals surface area contributed by atoms with Crippen LogP contribution in [0.2, 0.25) is 0 Å². The van der Waals surface area contributed by atoms with Gasteiger partial charge >= 0.3 is 0 Å². The van der Waals surface area contributed by atoms with E-state index in [9.17, 15) is 13.2 Å². The third-order valence-corrected chi connectivity index (χ3v) is 5.80. The highest BCUT2D eigenvalue weighted by Gasteiger charge is 2.29. The first-order valence-corrected chi connectivity index (χ1v) is 11.3. The Labute approximate surface area is 173 Å². The maximum Gasteiger partial charge on any atom is 0.243 e. The lowest BCUT2D eigenvalue weighted by molar-refractivity contribution is -0.121. The minimum absolute atomic E-state index is 0.347. The second-order valence-electron chi connectivity index (χ2n) is 6.84. The Morgan fingerprint density at radius 3 is 2.38 bits per heavy atom. The highest BCUT2D eigenvalue weighted by atomic mass is 32.2. The van der Waals surface area contributed by atoms with Crippen LogP contribution in [0.3, 0.4) is 0 Å². The fraction of sp³-hybridized carbons (Fsp3) is 0.381. The van der Waals surface area contributed by atoms with Gasteiger partial charge in [-0.2, -0.15) is 0 Å². The quantitative estimate of drug-likeness (QED) is 0.599.